The standard InChI is InChI=1S/C10H18O2.C9H16O.C8H14O.C7H13FO.C7H14O2S.C7H16O2S.C7H14O2.C6H12O2.C6H12O.C5H10O/c1-10(2,3)9(11)12-8-6-4-5-7-8;1-8(2,3)7(10)9(4)5-6-9;1-8(2,3)7(9)6-4-5-6;1-5(8)6(9)7(2,3)4;1-7(2,3)10(8,9)6-4-5-6;1-6(2)10(8,9)7(3,4)5;1-5-9-6(8)7(2,3)4;1-6(2,3)5(7)8-4;1-5(7)6(2,3)4;1-5(2,3)4-6/h8H,4-7H2,1-3H3;5-6H2,1-4H3;6H,4-5H2,1-3H3;5H,1-4H3;6H,4-5H2,1-3H3;6H,1-5H3;5H2,1-4H3;1-4H3;1-4H3;4H,1-3H3. The van der Waals surface area contributed by atoms with E-state index in [9.17, 15) is 59.6 Å². The molecule has 0 saturated heterocycles. The predicted octanol–water partition coefficient (Wildman–Crippen LogP) is 17.5. The van der Waals surface area contributed by atoms with Crippen LogP contribution in [0.5, 0.6) is 0 Å². The van der Waals surface area contributed by atoms with Crippen molar-refractivity contribution in [2.75, 3.05) is 13.7 Å². The van der Waals surface area contributed by atoms with Crippen molar-refractivity contribution < 1.29 is 73.8 Å². The average Bonchev–Trinajstić information content (AvgIpc) is 2.57. The van der Waals surface area contributed by atoms with Crippen molar-refractivity contribution in [1.29, 1.82) is 0 Å². The highest BCUT2D eigenvalue weighted by Gasteiger charge is 2.48. The van der Waals surface area contributed by atoms with E-state index in [1.165, 1.54) is 26.9 Å². The van der Waals surface area contributed by atoms with Crippen LogP contribution in [0.1, 0.15) is 313 Å². The summed E-state index contributed by atoms with van der Waals surface area (Å²) in [5, 5.41) is -0.292. The topological polar surface area (TPSA) is 233 Å². The highest BCUT2D eigenvalue weighted by Crippen LogP contribution is 2.49. The number of methoxy groups -OCH3 is 1. The molecule has 0 bridgehead atoms. The molecule has 4 aliphatic rings. The zero-order chi connectivity index (χ0) is 74.0. The van der Waals surface area contributed by atoms with E-state index < -0.39 is 40.8 Å². The Morgan fingerprint density at radius 2 is 0.867 bits per heavy atom. The zero-order valence-electron chi connectivity index (χ0n) is 64.6. The molecule has 18 heteroatoms. The quantitative estimate of drug-likeness (QED) is 0.131. The number of alkyl halides is 1. The van der Waals surface area contributed by atoms with E-state index in [1.807, 2.05) is 152 Å². The van der Waals surface area contributed by atoms with E-state index >= 15 is 0 Å². The molecule has 0 aromatic rings. The van der Waals surface area contributed by atoms with E-state index in [2.05, 4.69) is 11.7 Å². The number of aldehydes is 1. The molecule has 0 spiro atoms. The number of hydrogen-bond donors (Lipinski definition) is 0. The van der Waals surface area contributed by atoms with Crippen LogP contribution >= 0.6 is 0 Å². The van der Waals surface area contributed by atoms with Crippen molar-refractivity contribution in [2.45, 2.75) is 346 Å². The first-order valence-electron chi connectivity index (χ1n) is 32.4. The highest BCUT2D eigenvalue weighted by molar-refractivity contribution is 7.93. The molecule has 0 aliphatic heterocycles. The Hall–Kier alpha value is -3.41. The smallest absolute Gasteiger partial charge is 0.311 e. The van der Waals surface area contributed by atoms with Crippen molar-refractivity contribution >= 4 is 67.0 Å². The summed E-state index contributed by atoms with van der Waals surface area (Å²) in [6, 6.07) is 0. The molecule has 4 rings (SSSR count). The lowest BCUT2D eigenvalue weighted by molar-refractivity contribution is -0.158. The molecule has 0 heterocycles. The summed E-state index contributed by atoms with van der Waals surface area (Å²) in [5.41, 5.74) is -2.04. The van der Waals surface area contributed by atoms with Crippen LogP contribution in [0.25, 0.3) is 0 Å². The molecule has 0 aromatic carbocycles. The number of carbonyl (C=O) groups is 8. The molecule has 15 nitrogen and oxygen atoms in total. The third-order valence-electron chi connectivity index (χ3n) is 13.6. The number of Topliss-reactive ketones (excluding diaryl/α,β-unsaturated/α-hetero) is 4. The largest absolute Gasteiger partial charge is 0.469 e. The van der Waals surface area contributed by atoms with Crippen LogP contribution < -0.4 is 0 Å². The summed E-state index contributed by atoms with van der Waals surface area (Å²) in [6.45, 7) is 66.2. The van der Waals surface area contributed by atoms with Gasteiger partial charge in [0.2, 0.25) is 0 Å². The Morgan fingerprint density at radius 3 is 0.967 bits per heavy atom. The molecule has 1 unspecified atom stereocenters. The summed E-state index contributed by atoms with van der Waals surface area (Å²) in [6.07, 6.45) is 10.6. The van der Waals surface area contributed by atoms with Gasteiger partial charge in [-0.1, -0.05) is 111 Å². The van der Waals surface area contributed by atoms with Gasteiger partial charge in [-0.25, -0.2) is 21.2 Å². The van der Waals surface area contributed by atoms with Gasteiger partial charge in [0.1, 0.15) is 29.7 Å². The molecule has 4 fully saturated rings. The number of rotatable bonds is 7. The minimum atomic E-state index is -2.91. The van der Waals surface area contributed by atoms with Gasteiger partial charge in [-0.3, -0.25) is 33.6 Å². The van der Waals surface area contributed by atoms with E-state index in [-0.39, 0.29) is 89.4 Å². The van der Waals surface area contributed by atoms with Gasteiger partial charge in [-0.05, 0) is 203 Å². The van der Waals surface area contributed by atoms with Gasteiger partial charge in [-0.2, -0.15) is 0 Å². The molecule has 536 valence electrons. The molecule has 90 heavy (non-hydrogen) atoms. The van der Waals surface area contributed by atoms with Crippen molar-refractivity contribution in [3.63, 3.8) is 0 Å². The highest BCUT2D eigenvalue weighted by atomic mass is 32.2. The maximum Gasteiger partial charge on any atom is 0.311 e. The minimum absolute atomic E-state index is 0.0208. The van der Waals surface area contributed by atoms with Crippen LogP contribution in [0.4, 0.5) is 4.39 Å². The predicted molar refractivity (Wildman–Crippen MR) is 371 cm³/mol. The van der Waals surface area contributed by atoms with Gasteiger partial charge in [0.05, 0.1) is 50.0 Å². The van der Waals surface area contributed by atoms with Gasteiger partial charge in [0.25, 0.3) is 0 Å². The third-order valence-corrected chi connectivity index (χ3v) is 19.6. The molecule has 4 saturated carbocycles. The van der Waals surface area contributed by atoms with Crippen LogP contribution in [0.2, 0.25) is 0 Å². The fourth-order valence-electron chi connectivity index (χ4n) is 6.45. The van der Waals surface area contributed by atoms with Gasteiger partial charge in [0, 0.05) is 38.4 Å². The van der Waals surface area contributed by atoms with Gasteiger partial charge >= 0.3 is 17.9 Å². The Labute approximate surface area is 552 Å². The van der Waals surface area contributed by atoms with Crippen molar-refractivity contribution in [2.24, 2.45) is 54.7 Å². The SMILES string of the molecule is CC(=O)C(C)(C)C.CC(C)(C)C(=O)C1(C)CC1.CC(C)(C)C(=O)C1CC1.CC(C)(C)C(=O)OC1CCCC1.CC(C)(C)C=O.CC(C)(C)S(=O)(=O)C1CC1.CC(C)S(=O)(=O)C(C)(C)C.CC(F)C(=O)C(C)(C)C.CCOC(=O)C(C)(C)C.COC(=O)C(C)(C)C. The first-order valence-corrected chi connectivity index (χ1v) is 35.5. The lowest BCUT2D eigenvalue weighted by Gasteiger charge is -2.21. The number of sulfone groups is 2. The second kappa shape index (κ2) is 38.8. The lowest BCUT2D eigenvalue weighted by Crippen LogP contribution is -2.34. The molecule has 4 aliphatic carbocycles. The zero-order valence-corrected chi connectivity index (χ0v) is 66.2. The fourth-order valence-corrected chi connectivity index (χ4v) is 9.62. The number of ketones is 4. The minimum Gasteiger partial charge on any atom is -0.469 e. The third kappa shape index (κ3) is 46.6. The number of esters is 3. The van der Waals surface area contributed by atoms with Gasteiger partial charge in [-0.15, -0.1) is 0 Å². The first-order chi connectivity index (χ1) is 39.2. The summed E-state index contributed by atoms with van der Waals surface area (Å²) in [5.74, 6) is 0.847. The average molecular weight is 1330 g/mol. The maximum atomic E-state index is 12.2. The van der Waals surface area contributed by atoms with Gasteiger partial charge in [0.15, 0.2) is 31.6 Å². The summed E-state index contributed by atoms with van der Waals surface area (Å²) in [4.78, 5) is 86.7. The number of hydrogen-bond acceptors (Lipinski definition) is 15. The first kappa shape index (κ1) is 97.7. The number of carbonyl (C=O) groups excluding carboxylic acids is 8. The second-order valence-electron chi connectivity index (χ2n) is 34.9. The van der Waals surface area contributed by atoms with Crippen LogP contribution in [0, 0.1) is 54.7 Å². The molecule has 0 N–H and O–H groups in total. The fraction of sp³-hybridized carbons (Fsp3) is 0.889. The number of ether oxygens (including phenoxy) is 3. The Kier molecular flexibility index (Phi) is 42.1. The summed E-state index contributed by atoms with van der Waals surface area (Å²) < 4.78 is 71.2. The molecule has 0 amide bonds. The number of halogens is 1. The molecular formula is C72H139FO15S2. The van der Waals surface area contributed by atoms with Crippen molar-refractivity contribution in [3.8, 4) is 0 Å². The lowest BCUT2D eigenvalue weighted by atomic mass is 9.82. The van der Waals surface area contributed by atoms with E-state index in [0.29, 0.717) is 24.1 Å². The Balaban J connectivity index is -0.000000219. The second-order valence-corrected chi connectivity index (χ2v) is 41.1. The van der Waals surface area contributed by atoms with Gasteiger partial charge < -0.3 is 19.0 Å². The van der Waals surface area contributed by atoms with E-state index in [0.717, 1.165) is 57.7 Å². The summed E-state index contributed by atoms with van der Waals surface area (Å²) >= 11 is 0. The van der Waals surface area contributed by atoms with Crippen LogP contribution in [-0.2, 0) is 72.2 Å². The summed E-state index contributed by atoms with van der Waals surface area (Å²) in [7, 11) is -4.32. The Bertz CT molecular complexity index is 2320. The molecule has 1 atom stereocenters. The normalized spacial score (nSPS) is 16.3. The van der Waals surface area contributed by atoms with Crippen molar-refractivity contribution in [3.05, 3.63) is 0 Å². The molecule has 0 radical (unpaired) electrons. The van der Waals surface area contributed by atoms with E-state index in [1.54, 1.807) is 83.1 Å². The van der Waals surface area contributed by atoms with E-state index in [4.69, 9.17) is 9.47 Å². The molecular weight excluding hydrogens is 1190 g/mol. The molecule has 0 aromatic heterocycles. The monoisotopic (exact) mass is 1330 g/mol. The van der Waals surface area contributed by atoms with Crippen LogP contribution in [0.3, 0.4) is 0 Å². The van der Waals surface area contributed by atoms with Crippen molar-refractivity contribution in [1.82, 2.24) is 0 Å². The van der Waals surface area contributed by atoms with Crippen LogP contribution in [-0.4, -0.2) is 110 Å². The maximum absolute atomic E-state index is 12.2. The van der Waals surface area contributed by atoms with Crippen LogP contribution in [0.15, 0.2) is 0 Å². The Morgan fingerprint density at radius 1 is 0.522 bits per heavy atom.